The Hall–Kier alpha value is -0.0800. The number of piperidine rings is 1. The molecule has 2 fully saturated rings. The van der Waals surface area contributed by atoms with Gasteiger partial charge in [-0.3, -0.25) is 0 Å². The maximum atomic E-state index is 3.73. The second kappa shape index (κ2) is 5.86. The molecule has 1 heterocycles. The number of hydrogen-bond acceptors (Lipinski definition) is 2. The first-order chi connectivity index (χ1) is 7.36. The quantitative estimate of drug-likeness (QED) is 0.744. The van der Waals surface area contributed by atoms with E-state index in [9.17, 15) is 0 Å². The molecule has 88 valence electrons. The Morgan fingerprint density at radius 2 is 1.87 bits per heavy atom. The number of hydrogen-bond donors (Lipinski definition) is 2. The van der Waals surface area contributed by atoms with Gasteiger partial charge >= 0.3 is 0 Å². The van der Waals surface area contributed by atoms with E-state index in [1.807, 2.05) is 0 Å². The van der Waals surface area contributed by atoms with Crippen LogP contribution < -0.4 is 10.6 Å². The van der Waals surface area contributed by atoms with Crippen LogP contribution in [-0.4, -0.2) is 25.2 Å². The minimum Gasteiger partial charge on any atom is -0.313 e. The van der Waals surface area contributed by atoms with E-state index in [0.717, 1.165) is 18.0 Å². The normalized spacial score (nSPS) is 30.6. The average Bonchev–Trinajstić information content (AvgIpc) is 2.81. The predicted octanol–water partition coefficient (Wildman–Crippen LogP) is 2.30. The Morgan fingerprint density at radius 1 is 1.13 bits per heavy atom. The molecule has 0 spiro atoms. The zero-order chi connectivity index (χ0) is 10.5. The van der Waals surface area contributed by atoms with Gasteiger partial charge in [0, 0.05) is 18.6 Å². The van der Waals surface area contributed by atoms with E-state index in [1.165, 1.54) is 58.0 Å². The highest BCUT2D eigenvalue weighted by molar-refractivity contribution is 4.80. The van der Waals surface area contributed by atoms with Crippen LogP contribution in [0.25, 0.3) is 0 Å². The van der Waals surface area contributed by atoms with Crippen LogP contribution in [0.2, 0.25) is 0 Å². The smallest absolute Gasteiger partial charge is 0.0192 e. The summed E-state index contributed by atoms with van der Waals surface area (Å²) in [6, 6.07) is 1.47. The van der Waals surface area contributed by atoms with Crippen LogP contribution in [0.3, 0.4) is 0 Å². The highest BCUT2D eigenvalue weighted by Crippen LogP contribution is 2.27. The van der Waals surface area contributed by atoms with Crippen molar-refractivity contribution >= 4 is 0 Å². The molecule has 0 amide bonds. The highest BCUT2D eigenvalue weighted by atomic mass is 15.0. The maximum absolute atomic E-state index is 3.73. The lowest BCUT2D eigenvalue weighted by Gasteiger charge is -2.27. The largest absolute Gasteiger partial charge is 0.313 e. The molecule has 0 radical (unpaired) electrons. The van der Waals surface area contributed by atoms with Crippen molar-refractivity contribution in [2.45, 2.75) is 64.0 Å². The summed E-state index contributed by atoms with van der Waals surface area (Å²) in [5.41, 5.74) is 0. The van der Waals surface area contributed by atoms with Gasteiger partial charge in [0.1, 0.15) is 0 Å². The summed E-state index contributed by atoms with van der Waals surface area (Å²) in [4.78, 5) is 0. The molecule has 1 aliphatic carbocycles. The first-order valence-corrected chi connectivity index (χ1v) is 6.83. The standard InChI is InChI=1S/C13H26N2/c1-11(12-6-2-3-7-12)15-10-13-8-4-5-9-14-13/h11-15H,2-10H2,1H3. The van der Waals surface area contributed by atoms with Gasteiger partial charge in [0.2, 0.25) is 0 Å². The fourth-order valence-electron chi connectivity index (χ4n) is 3.05. The van der Waals surface area contributed by atoms with Gasteiger partial charge in [-0.15, -0.1) is 0 Å². The molecular formula is C13H26N2. The molecule has 2 nitrogen and oxygen atoms in total. The Morgan fingerprint density at radius 3 is 2.53 bits per heavy atom. The first-order valence-electron chi connectivity index (χ1n) is 6.83. The Bertz CT molecular complexity index is 169. The fourth-order valence-corrected chi connectivity index (χ4v) is 3.05. The summed E-state index contributed by atoms with van der Waals surface area (Å²) in [6.45, 7) is 4.78. The van der Waals surface area contributed by atoms with Crippen molar-refractivity contribution in [2.75, 3.05) is 13.1 Å². The van der Waals surface area contributed by atoms with Crippen LogP contribution in [0.4, 0.5) is 0 Å². The average molecular weight is 210 g/mol. The van der Waals surface area contributed by atoms with Gasteiger partial charge in [0.15, 0.2) is 0 Å². The fraction of sp³-hybridized carbons (Fsp3) is 1.00. The van der Waals surface area contributed by atoms with Gasteiger partial charge in [-0.05, 0) is 45.1 Å². The lowest BCUT2D eigenvalue weighted by Crippen LogP contribution is -2.45. The molecule has 0 aromatic carbocycles. The Balaban J connectivity index is 1.63. The molecule has 2 heteroatoms. The third kappa shape index (κ3) is 3.46. The molecular weight excluding hydrogens is 184 g/mol. The van der Waals surface area contributed by atoms with Crippen molar-refractivity contribution in [3.8, 4) is 0 Å². The van der Waals surface area contributed by atoms with E-state index in [4.69, 9.17) is 0 Å². The summed E-state index contributed by atoms with van der Waals surface area (Å²) < 4.78 is 0. The van der Waals surface area contributed by atoms with Crippen LogP contribution in [0.15, 0.2) is 0 Å². The van der Waals surface area contributed by atoms with Gasteiger partial charge in [-0.2, -0.15) is 0 Å². The molecule has 1 aliphatic heterocycles. The zero-order valence-corrected chi connectivity index (χ0v) is 10.1. The molecule has 2 unspecified atom stereocenters. The van der Waals surface area contributed by atoms with Crippen LogP contribution in [0.5, 0.6) is 0 Å². The molecule has 0 aromatic rings. The summed E-state index contributed by atoms with van der Waals surface area (Å²) in [7, 11) is 0. The molecule has 0 bridgehead atoms. The third-order valence-electron chi connectivity index (χ3n) is 4.21. The molecule has 15 heavy (non-hydrogen) atoms. The number of nitrogens with one attached hydrogen (secondary N) is 2. The molecule has 2 N–H and O–H groups in total. The van der Waals surface area contributed by atoms with Crippen molar-refractivity contribution in [1.82, 2.24) is 10.6 Å². The highest BCUT2D eigenvalue weighted by Gasteiger charge is 2.22. The molecule has 2 aliphatic rings. The number of rotatable bonds is 4. The van der Waals surface area contributed by atoms with E-state index in [1.54, 1.807) is 0 Å². The molecule has 1 saturated carbocycles. The minimum absolute atomic E-state index is 0.733. The molecule has 2 rings (SSSR count). The van der Waals surface area contributed by atoms with Crippen molar-refractivity contribution < 1.29 is 0 Å². The second-order valence-electron chi connectivity index (χ2n) is 5.39. The van der Waals surface area contributed by atoms with Crippen molar-refractivity contribution in [3.63, 3.8) is 0 Å². The van der Waals surface area contributed by atoms with Gasteiger partial charge in [-0.25, -0.2) is 0 Å². The van der Waals surface area contributed by atoms with Crippen molar-refractivity contribution in [1.29, 1.82) is 0 Å². The van der Waals surface area contributed by atoms with Crippen LogP contribution in [-0.2, 0) is 0 Å². The van der Waals surface area contributed by atoms with E-state index >= 15 is 0 Å². The van der Waals surface area contributed by atoms with Crippen LogP contribution in [0, 0.1) is 5.92 Å². The van der Waals surface area contributed by atoms with Crippen molar-refractivity contribution in [3.05, 3.63) is 0 Å². The van der Waals surface area contributed by atoms with E-state index < -0.39 is 0 Å². The zero-order valence-electron chi connectivity index (χ0n) is 10.1. The molecule has 2 atom stereocenters. The monoisotopic (exact) mass is 210 g/mol. The van der Waals surface area contributed by atoms with Gasteiger partial charge in [0.05, 0.1) is 0 Å². The molecule has 1 saturated heterocycles. The SMILES string of the molecule is CC(NCC1CCCCN1)C1CCCC1. The summed E-state index contributed by atoms with van der Waals surface area (Å²) in [5.74, 6) is 0.952. The Labute approximate surface area is 94.2 Å². The van der Waals surface area contributed by atoms with E-state index in [0.29, 0.717) is 0 Å². The topological polar surface area (TPSA) is 24.1 Å². The summed E-state index contributed by atoms with van der Waals surface area (Å²) in [6.07, 6.45) is 9.96. The molecule has 0 aromatic heterocycles. The summed E-state index contributed by atoms with van der Waals surface area (Å²) in [5, 5.41) is 7.33. The van der Waals surface area contributed by atoms with E-state index in [-0.39, 0.29) is 0 Å². The minimum atomic E-state index is 0.733. The Kier molecular flexibility index (Phi) is 4.45. The summed E-state index contributed by atoms with van der Waals surface area (Å²) >= 11 is 0. The lowest BCUT2D eigenvalue weighted by molar-refractivity contribution is 0.329. The van der Waals surface area contributed by atoms with Crippen molar-refractivity contribution in [2.24, 2.45) is 5.92 Å². The predicted molar refractivity (Wildman–Crippen MR) is 65.1 cm³/mol. The van der Waals surface area contributed by atoms with E-state index in [2.05, 4.69) is 17.6 Å². The van der Waals surface area contributed by atoms with Crippen LogP contribution in [0.1, 0.15) is 51.9 Å². The first kappa shape index (κ1) is 11.4. The second-order valence-corrected chi connectivity index (χ2v) is 5.39. The van der Waals surface area contributed by atoms with Crippen LogP contribution >= 0.6 is 0 Å². The third-order valence-corrected chi connectivity index (χ3v) is 4.21. The van der Waals surface area contributed by atoms with Gasteiger partial charge in [-0.1, -0.05) is 19.3 Å². The van der Waals surface area contributed by atoms with Gasteiger partial charge < -0.3 is 10.6 Å². The maximum Gasteiger partial charge on any atom is 0.0192 e. The van der Waals surface area contributed by atoms with Gasteiger partial charge in [0.25, 0.3) is 0 Å². The lowest BCUT2D eigenvalue weighted by atomic mass is 9.98.